The van der Waals surface area contributed by atoms with Crippen molar-refractivity contribution in [2.45, 2.75) is 77.4 Å². The maximum Gasteiger partial charge on any atom is 0.310 e. The molecule has 0 heterocycles. The molecule has 0 unspecified atom stereocenters. The van der Waals surface area contributed by atoms with Crippen molar-refractivity contribution in [2.75, 3.05) is 0 Å². The molecule has 5 atom stereocenters. The minimum Gasteiger partial charge on any atom is -0.462 e. The van der Waals surface area contributed by atoms with Gasteiger partial charge in [0.15, 0.2) is 11.4 Å². The summed E-state index contributed by atoms with van der Waals surface area (Å²) >= 11 is 0. The normalized spacial score (nSPS) is 34.5. The van der Waals surface area contributed by atoms with E-state index >= 15 is 0 Å². The number of benzene rings is 1. The molecule has 2 saturated carbocycles. The van der Waals surface area contributed by atoms with E-state index in [-0.39, 0.29) is 48.5 Å². The van der Waals surface area contributed by atoms with Gasteiger partial charge in [0.05, 0.1) is 0 Å². The molecule has 0 saturated heterocycles. The Balaban J connectivity index is 1.66. The summed E-state index contributed by atoms with van der Waals surface area (Å²) in [5.41, 5.74) is -0.475. The molecule has 6 heteroatoms. The SMILES string of the molecule is CCC(=O)Oc1ccc2c(c1)CC[C@H]1[C@@H]3CC[C@H](OC(=O)CC)[C@@]3(C)CC(=O)[C@]21O. The molecule has 1 aromatic carbocycles. The first-order chi connectivity index (χ1) is 14.2. The highest BCUT2D eigenvalue weighted by Gasteiger charge is 2.64. The molecular weight excluding hydrogens is 384 g/mol. The number of fused-ring (bicyclic) bond motifs is 5. The van der Waals surface area contributed by atoms with Gasteiger partial charge in [-0.2, -0.15) is 0 Å². The lowest BCUT2D eigenvalue weighted by atomic mass is 9.52. The maximum atomic E-state index is 13.4. The minimum absolute atomic E-state index is 0.112. The zero-order valence-electron chi connectivity index (χ0n) is 17.9. The molecule has 4 rings (SSSR count). The van der Waals surface area contributed by atoms with Crippen molar-refractivity contribution in [3.8, 4) is 5.75 Å². The van der Waals surface area contributed by atoms with Gasteiger partial charge in [-0.25, -0.2) is 0 Å². The number of aryl methyl sites for hydroxylation is 1. The quantitative estimate of drug-likeness (QED) is 0.599. The molecular formula is C24H30O6. The maximum absolute atomic E-state index is 13.4. The summed E-state index contributed by atoms with van der Waals surface area (Å²) in [6.45, 7) is 5.54. The van der Waals surface area contributed by atoms with Crippen molar-refractivity contribution in [1.82, 2.24) is 0 Å². The van der Waals surface area contributed by atoms with Gasteiger partial charge in [0.2, 0.25) is 0 Å². The first-order valence-corrected chi connectivity index (χ1v) is 11.0. The van der Waals surface area contributed by atoms with Gasteiger partial charge in [-0.3, -0.25) is 14.4 Å². The highest BCUT2D eigenvalue weighted by atomic mass is 16.5. The van der Waals surface area contributed by atoms with Crippen LogP contribution in [0.2, 0.25) is 0 Å². The second kappa shape index (κ2) is 7.49. The Kier molecular flexibility index (Phi) is 5.25. The molecule has 162 valence electrons. The Morgan fingerprint density at radius 2 is 1.83 bits per heavy atom. The predicted octanol–water partition coefficient (Wildman–Crippen LogP) is 3.46. The second-order valence-electron chi connectivity index (χ2n) is 9.18. The molecule has 30 heavy (non-hydrogen) atoms. The molecule has 3 aliphatic carbocycles. The van der Waals surface area contributed by atoms with Crippen molar-refractivity contribution >= 4 is 17.7 Å². The third kappa shape index (κ3) is 3.08. The van der Waals surface area contributed by atoms with Crippen LogP contribution in [-0.2, 0) is 31.1 Å². The van der Waals surface area contributed by atoms with Crippen LogP contribution in [0.3, 0.4) is 0 Å². The summed E-state index contributed by atoms with van der Waals surface area (Å²) < 4.78 is 11.0. The average Bonchev–Trinajstić information content (AvgIpc) is 3.03. The zero-order chi connectivity index (χ0) is 21.7. The lowest BCUT2D eigenvalue weighted by Crippen LogP contribution is -2.58. The third-order valence-corrected chi connectivity index (χ3v) is 7.61. The molecule has 1 aromatic rings. The van der Waals surface area contributed by atoms with Crippen molar-refractivity contribution in [3.63, 3.8) is 0 Å². The summed E-state index contributed by atoms with van der Waals surface area (Å²) in [5, 5.41) is 11.7. The largest absolute Gasteiger partial charge is 0.462 e. The monoisotopic (exact) mass is 414 g/mol. The summed E-state index contributed by atoms with van der Waals surface area (Å²) in [4.78, 5) is 36.9. The Labute approximate surface area is 176 Å². The molecule has 0 radical (unpaired) electrons. The number of rotatable bonds is 4. The molecule has 3 aliphatic rings. The number of hydrogen-bond acceptors (Lipinski definition) is 6. The van der Waals surface area contributed by atoms with Gasteiger partial charge in [-0.15, -0.1) is 0 Å². The first kappa shape index (κ1) is 21.0. The van der Waals surface area contributed by atoms with Gasteiger partial charge < -0.3 is 14.6 Å². The fourth-order valence-electron chi connectivity index (χ4n) is 6.04. The predicted molar refractivity (Wildman–Crippen MR) is 109 cm³/mol. The van der Waals surface area contributed by atoms with E-state index in [4.69, 9.17) is 9.47 Å². The number of hydrogen-bond donors (Lipinski definition) is 1. The minimum atomic E-state index is -1.53. The first-order valence-electron chi connectivity index (χ1n) is 11.0. The van der Waals surface area contributed by atoms with Crippen LogP contribution in [0.5, 0.6) is 5.75 Å². The summed E-state index contributed by atoms with van der Waals surface area (Å²) in [6.07, 6.45) is 3.46. The average molecular weight is 414 g/mol. The smallest absolute Gasteiger partial charge is 0.310 e. The van der Waals surface area contributed by atoms with Crippen molar-refractivity contribution in [3.05, 3.63) is 29.3 Å². The van der Waals surface area contributed by atoms with Gasteiger partial charge >= 0.3 is 11.9 Å². The number of ketones is 1. The number of aliphatic hydroxyl groups is 1. The molecule has 0 amide bonds. The Bertz CT molecular complexity index is 892. The fraction of sp³-hybridized carbons (Fsp3) is 0.625. The van der Waals surface area contributed by atoms with E-state index in [1.54, 1.807) is 32.0 Å². The summed E-state index contributed by atoms with van der Waals surface area (Å²) in [5.74, 6) is -0.400. The van der Waals surface area contributed by atoms with Crippen LogP contribution in [0.4, 0.5) is 0 Å². The number of ether oxygens (including phenoxy) is 2. The molecule has 6 nitrogen and oxygen atoms in total. The van der Waals surface area contributed by atoms with Crippen LogP contribution in [0.25, 0.3) is 0 Å². The van der Waals surface area contributed by atoms with E-state index in [1.165, 1.54) is 0 Å². The van der Waals surface area contributed by atoms with Crippen LogP contribution < -0.4 is 4.74 Å². The van der Waals surface area contributed by atoms with E-state index in [0.717, 1.165) is 18.4 Å². The third-order valence-electron chi connectivity index (χ3n) is 7.61. The lowest BCUT2D eigenvalue weighted by molar-refractivity contribution is -0.179. The van der Waals surface area contributed by atoms with Crippen LogP contribution in [0.1, 0.15) is 70.4 Å². The van der Waals surface area contributed by atoms with Crippen molar-refractivity contribution < 1.29 is 29.0 Å². The van der Waals surface area contributed by atoms with Gasteiger partial charge in [0, 0.05) is 30.6 Å². The summed E-state index contributed by atoms with van der Waals surface area (Å²) in [7, 11) is 0. The van der Waals surface area contributed by atoms with Gasteiger partial charge in [0.1, 0.15) is 11.9 Å². The fourth-order valence-corrected chi connectivity index (χ4v) is 6.04. The molecule has 0 bridgehead atoms. The second-order valence-corrected chi connectivity index (χ2v) is 9.18. The van der Waals surface area contributed by atoms with Gasteiger partial charge in [-0.05, 0) is 54.9 Å². The Morgan fingerprint density at radius 1 is 1.10 bits per heavy atom. The number of carbonyl (C=O) groups is 3. The van der Waals surface area contributed by atoms with Crippen molar-refractivity contribution in [1.29, 1.82) is 0 Å². The van der Waals surface area contributed by atoms with Crippen LogP contribution in [0, 0.1) is 17.3 Å². The standard InChI is InChI=1S/C24H30O6/c1-4-21(26)29-15-7-9-16-14(12-15)6-8-18-17-10-11-20(30-22(27)5-2)23(17,3)13-19(25)24(16,18)28/h7,9,12,17-18,20,28H,4-6,8,10-11,13H2,1-3H3/t17-,18-,20-,23-,24-/m0/s1. The van der Waals surface area contributed by atoms with Crippen molar-refractivity contribution in [2.24, 2.45) is 17.3 Å². The lowest BCUT2D eigenvalue weighted by Gasteiger charge is -2.53. The zero-order valence-corrected chi connectivity index (χ0v) is 17.9. The molecule has 0 aromatic heterocycles. The van der Waals surface area contributed by atoms with E-state index in [1.807, 2.05) is 6.92 Å². The van der Waals surface area contributed by atoms with Crippen LogP contribution in [0.15, 0.2) is 18.2 Å². The van der Waals surface area contributed by atoms with E-state index in [0.29, 0.717) is 30.6 Å². The number of Topliss-reactive ketones (excluding diaryl/α,β-unsaturated/α-hetero) is 1. The van der Waals surface area contributed by atoms with E-state index < -0.39 is 11.0 Å². The molecule has 2 fully saturated rings. The Morgan fingerprint density at radius 3 is 2.53 bits per heavy atom. The van der Waals surface area contributed by atoms with Crippen LogP contribution in [-0.4, -0.2) is 28.9 Å². The summed E-state index contributed by atoms with van der Waals surface area (Å²) in [6, 6.07) is 5.18. The van der Waals surface area contributed by atoms with Gasteiger partial charge in [-0.1, -0.05) is 26.8 Å². The molecule has 0 spiro atoms. The van der Waals surface area contributed by atoms with E-state index in [9.17, 15) is 19.5 Å². The highest BCUT2D eigenvalue weighted by molar-refractivity contribution is 5.91. The molecule has 1 N–H and O–H groups in total. The Hall–Kier alpha value is -2.21. The van der Waals surface area contributed by atoms with E-state index in [2.05, 4.69) is 0 Å². The number of esters is 2. The van der Waals surface area contributed by atoms with Gasteiger partial charge in [0.25, 0.3) is 0 Å². The number of carbonyl (C=O) groups excluding carboxylic acids is 3. The topological polar surface area (TPSA) is 89.9 Å². The highest BCUT2D eigenvalue weighted by Crippen LogP contribution is 2.61. The molecule has 0 aliphatic heterocycles. The van der Waals surface area contributed by atoms with Crippen LogP contribution >= 0.6 is 0 Å².